The minimum atomic E-state index is -3.79. The Morgan fingerprint density at radius 1 is 1.26 bits per heavy atom. The number of nitrogens with one attached hydrogen (secondary N) is 2. The summed E-state index contributed by atoms with van der Waals surface area (Å²) in [5.41, 5.74) is -0.139. The maximum atomic E-state index is 12.1. The van der Waals surface area contributed by atoms with Gasteiger partial charge in [-0.2, -0.15) is 0 Å². The highest BCUT2D eigenvalue weighted by Crippen LogP contribution is 2.20. The minimum absolute atomic E-state index is 0.114. The molecular weight excluding hydrogens is 356 g/mol. The van der Waals surface area contributed by atoms with Crippen LogP contribution in [0.4, 0.5) is 5.69 Å². The first-order valence-corrected chi connectivity index (χ1v) is 7.70. The fraction of sp³-hybridized carbons (Fsp3) is 0. The van der Waals surface area contributed by atoms with Gasteiger partial charge >= 0.3 is 0 Å². The van der Waals surface area contributed by atoms with Crippen LogP contribution in [0, 0.1) is 0 Å². The van der Waals surface area contributed by atoms with E-state index < -0.39 is 15.6 Å². The number of anilines is 1. The summed E-state index contributed by atoms with van der Waals surface area (Å²) in [6.07, 6.45) is 1.09. The molecule has 0 saturated carbocycles. The number of rotatable bonds is 3. The van der Waals surface area contributed by atoms with E-state index in [1.807, 2.05) is 0 Å². The third-order valence-corrected chi connectivity index (χ3v) is 4.35. The highest BCUT2D eigenvalue weighted by molar-refractivity contribution is 9.10. The molecule has 0 radical (unpaired) electrons. The van der Waals surface area contributed by atoms with E-state index in [9.17, 15) is 13.2 Å². The van der Waals surface area contributed by atoms with Crippen molar-refractivity contribution < 1.29 is 8.42 Å². The van der Waals surface area contributed by atoms with Crippen LogP contribution in [-0.2, 0) is 10.0 Å². The Labute approximate surface area is 122 Å². The van der Waals surface area contributed by atoms with Crippen molar-refractivity contribution in [3.63, 3.8) is 0 Å². The molecular formula is C11H8BrClN2O3S. The van der Waals surface area contributed by atoms with Gasteiger partial charge in [0.25, 0.3) is 15.6 Å². The van der Waals surface area contributed by atoms with Gasteiger partial charge in [0, 0.05) is 16.4 Å². The summed E-state index contributed by atoms with van der Waals surface area (Å²) in [7, 11) is -3.79. The van der Waals surface area contributed by atoms with E-state index in [0.29, 0.717) is 5.69 Å². The normalized spacial score (nSPS) is 11.3. The van der Waals surface area contributed by atoms with E-state index in [2.05, 4.69) is 25.6 Å². The van der Waals surface area contributed by atoms with Gasteiger partial charge in [-0.3, -0.25) is 9.52 Å². The van der Waals surface area contributed by atoms with E-state index >= 15 is 0 Å². The molecule has 5 nitrogen and oxygen atoms in total. The summed E-state index contributed by atoms with van der Waals surface area (Å²) in [4.78, 5) is 13.2. The van der Waals surface area contributed by atoms with Gasteiger partial charge in [-0.15, -0.1) is 0 Å². The molecule has 0 bridgehead atoms. The van der Waals surface area contributed by atoms with Crippen molar-refractivity contribution in [3.05, 3.63) is 56.4 Å². The van der Waals surface area contributed by atoms with Crippen molar-refractivity contribution in [1.82, 2.24) is 4.98 Å². The zero-order chi connectivity index (χ0) is 14.0. The zero-order valence-corrected chi connectivity index (χ0v) is 12.5. The van der Waals surface area contributed by atoms with Gasteiger partial charge in [0.2, 0.25) is 0 Å². The summed E-state index contributed by atoms with van der Waals surface area (Å²) in [5.74, 6) is 0. The van der Waals surface area contributed by atoms with Crippen LogP contribution in [0.3, 0.4) is 0 Å². The van der Waals surface area contributed by atoms with Gasteiger partial charge in [-0.25, -0.2) is 8.42 Å². The van der Waals surface area contributed by atoms with Crippen LogP contribution in [0.2, 0.25) is 5.02 Å². The lowest BCUT2D eigenvalue weighted by Crippen LogP contribution is -2.16. The predicted molar refractivity (Wildman–Crippen MR) is 77.0 cm³/mol. The van der Waals surface area contributed by atoms with Crippen molar-refractivity contribution in [2.24, 2.45) is 0 Å². The van der Waals surface area contributed by atoms with Gasteiger partial charge < -0.3 is 4.98 Å². The lowest BCUT2D eigenvalue weighted by atomic mass is 10.3. The molecule has 8 heteroatoms. The van der Waals surface area contributed by atoms with E-state index in [1.165, 1.54) is 0 Å². The van der Waals surface area contributed by atoms with Crippen LogP contribution < -0.4 is 10.3 Å². The molecule has 2 N–H and O–H groups in total. The number of aromatic nitrogens is 1. The highest BCUT2D eigenvalue weighted by Gasteiger charge is 2.15. The Morgan fingerprint density at radius 3 is 2.63 bits per heavy atom. The maximum Gasteiger partial charge on any atom is 0.266 e. The molecule has 0 aliphatic rings. The van der Waals surface area contributed by atoms with Crippen molar-refractivity contribution >= 4 is 43.2 Å². The Morgan fingerprint density at radius 2 is 2.00 bits per heavy atom. The van der Waals surface area contributed by atoms with Gasteiger partial charge in [0.15, 0.2) is 0 Å². The topological polar surface area (TPSA) is 79.0 Å². The second-order valence-electron chi connectivity index (χ2n) is 3.63. The fourth-order valence-corrected chi connectivity index (χ4v) is 3.04. The Kier molecular flexibility index (Phi) is 3.98. The molecule has 0 aliphatic heterocycles. The van der Waals surface area contributed by atoms with Crippen molar-refractivity contribution in [3.8, 4) is 0 Å². The molecule has 0 fully saturated rings. The monoisotopic (exact) mass is 362 g/mol. The number of halogens is 2. The predicted octanol–water partition coefficient (Wildman–Crippen LogP) is 2.59. The molecule has 1 aromatic carbocycles. The van der Waals surface area contributed by atoms with Gasteiger partial charge in [0.05, 0.1) is 0 Å². The Balaban J connectivity index is 2.37. The summed E-state index contributed by atoms with van der Waals surface area (Å²) in [6.45, 7) is 0. The van der Waals surface area contributed by atoms with Gasteiger partial charge in [-0.05, 0) is 24.3 Å². The fourth-order valence-electron chi connectivity index (χ4n) is 1.36. The molecule has 0 unspecified atom stereocenters. The second kappa shape index (κ2) is 5.36. The average Bonchev–Trinajstić information content (AvgIpc) is 2.32. The number of pyridine rings is 1. The van der Waals surface area contributed by atoms with Crippen LogP contribution in [0.25, 0.3) is 0 Å². The SMILES string of the molecule is O=c1[nH]cc(S(=O)(=O)Nc2cccc(Br)c2)cc1Cl. The molecule has 0 atom stereocenters. The van der Waals surface area contributed by atoms with Gasteiger partial charge in [-0.1, -0.05) is 33.6 Å². The number of hydrogen-bond donors (Lipinski definition) is 2. The first-order chi connectivity index (χ1) is 8.88. The molecule has 0 aliphatic carbocycles. The second-order valence-corrected chi connectivity index (χ2v) is 6.63. The molecule has 1 aromatic heterocycles. The zero-order valence-electron chi connectivity index (χ0n) is 9.35. The van der Waals surface area contributed by atoms with E-state index in [0.717, 1.165) is 16.7 Å². The molecule has 0 amide bonds. The maximum absolute atomic E-state index is 12.1. The minimum Gasteiger partial charge on any atom is -0.326 e. The van der Waals surface area contributed by atoms with E-state index in [4.69, 9.17) is 11.6 Å². The lowest BCUT2D eigenvalue weighted by Gasteiger charge is -2.08. The molecule has 1 heterocycles. The lowest BCUT2D eigenvalue weighted by molar-refractivity contribution is 0.600. The van der Waals surface area contributed by atoms with Crippen LogP contribution in [0.5, 0.6) is 0 Å². The van der Waals surface area contributed by atoms with Gasteiger partial charge in [0.1, 0.15) is 9.92 Å². The van der Waals surface area contributed by atoms with Crippen molar-refractivity contribution in [1.29, 1.82) is 0 Å². The number of sulfonamides is 1. The number of aromatic amines is 1. The molecule has 2 rings (SSSR count). The molecule has 2 aromatic rings. The first-order valence-electron chi connectivity index (χ1n) is 5.05. The molecule has 100 valence electrons. The quantitative estimate of drug-likeness (QED) is 0.880. The summed E-state index contributed by atoms with van der Waals surface area (Å²) < 4.78 is 27.3. The Bertz CT molecular complexity index is 774. The average molecular weight is 364 g/mol. The first kappa shape index (κ1) is 14.1. The largest absolute Gasteiger partial charge is 0.326 e. The summed E-state index contributed by atoms with van der Waals surface area (Å²) in [5, 5.41) is -0.183. The van der Waals surface area contributed by atoms with Crippen molar-refractivity contribution in [2.45, 2.75) is 4.90 Å². The van der Waals surface area contributed by atoms with Crippen LogP contribution in [-0.4, -0.2) is 13.4 Å². The molecule has 0 spiro atoms. The molecule has 19 heavy (non-hydrogen) atoms. The molecule has 0 saturated heterocycles. The third kappa shape index (κ3) is 3.37. The Hall–Kier alpha value is -1.31. The summed E-state index contributed by atoms with van der Waals surface area (Å²) in [6, 6.07) is 7.79. The third-order valence-electron chi connectivity index (χ3n) is 2.22. The number of benzene rings is 1. The highest BCUT2D eigenvalue weighted by atomic mass is 79.9. The van der Waals surface area contributed by atoms with Crippen LogP contribution in [0.15, 0.2) is 50.7 Å². The standard InChI is InChI=1S/C11H8BrClN2O3S/c12-7-2-1-3-8(4-7)15-19(17,18)9-5-10(13)11(16)14-6-9/h1-6,15H,(H,14,16). The van der Waals surface area contributed by atoms with Crippen LogP contribution in [0.1, 0.15) is 0 Å². The number of hydrogen-bond acceptors (Lipinski definition) is 3. The van der Waals surface area contributed by atoms with E-state index in [-0.39, 0.29) is 9.92 Å². The smallest absolute Gasteiger partial charge is 0.266 e. The number of H-pyrrole nitrogens is 1. The summed E-state index contributed by atoms with van der Waals surface area (Å²) >= 11 is 8.85. The van der Waals surface area contributed by atoms with E-state index in [1.54, 1.807) is 24.3 Å². The van der Waals surface area contributed by atoms with Crippen LogP contribution >= 0.6 is 27.5 Å². The van der Waals surface area contributed by atoms with Crippen molar-refractivity contribution in [2.75, 3.05) is 4.72 Å².